The van der Waals surface area contributed by atoms with Gasteiger partial charge in [-0.3, -0.25) is 9.59 Å². The fourth-order valence-electron chi connectivity index (χ4n) is 3.67. The molecule has 1 unspecified atom stereocenters. The van der Waals surface area contributed by atoms with Crippen LogP contribution in [0.5, 0.6) is 0 Å². The number of nitrogens with zero attached hydrogens (tertiary/aromatic N) is 5. The third-order valence-corrected chi connectivity index (χ3v) is 5.36. The van der Waals surface area contributed by atoms with Crippen molar-refractivity contribution in [2.24, 2.45) is 5.92 Å². The Morgan fingerprint density at radius 3 is 2.56 bits per heavy atom. The Balaban J connectivity index is 1.45. The lowest BCUT2D eigenvalue weighted by Crippen LogP contribution is -2.35. The highest BCUT2D eigenvalue weighted by Crippen LogP contribution is 2.28. The van der Waals surface area contributed by atoms with E-state index in [1.54, 1.807) is 35.2 Å². The number of nitrogens with one attached hydrogen (secondary N) is 1. The molecular formula is C21H21F3N6O2. The molecule has 11 heteroatoms. The van der Waals surface area contributed by atoms with Gasteiger partial charge >= 0.3 is 6.18 Å². The molecule has 1 aliphatic heterocycles. The summed E-state index contributed by atoms with van der Waals surface area (Å²) in [5.74, 6) is -1.96. The van der Waals surface area contributed by atoms with E-state index in [9.17, 15) is 22.8 Å². The second-order valence-corrected chi connectivity index (χ2v) is 7.93. The maximum Gasteiger partial charge on any atom is 0.453 e. The number of benzene rings is 1. The molecule has 2 amide bonds. The molecule has 0 radical (unpaired) electrons. The monoisotopic (exact) mass is 446 g/mol. The van der Waals surface area contributed by atoms with Crippen LogP contribution in [0.1, 0.15) is 31.7 Å². The van der Waals surface area contributed by atoms with Crippen molar-refractivity contribution in [3.8, 4) is 11.3 Å². The molecule has 1 saturated heterocycles. The van der Waals surface area contributed by atoms with Crippen LogP contribution in [0.3, 0.4) is 0 Å². The summed E-state index contributed by atoms with van der Waals surface area (Å²) in [6, 6.07) is 8.60. The summed E-state index contributed by atoms with van der Waals surface area (Å²) in [5, 5.41) is 6.39. The molecule has 4 rings (SSSR count). The highest BCUT2D eigenvalue weighted by Gasteiger charge is 2.37. The van der Waals surface area contributed by atoms with E-state index < -0.39 is 12.0 Å². The van der Waals surface area contributed by atoms with Crippen LogP contribution in [-0.2, 0) is 22.3 Å². The first-order valence-electron chi connectivity index (χ1n) is 10.1. The lowest BCUT2D eigenvalue weighted by Gasteiger charge is -2.20. The Hall–Kier alpha value is -3.50. The Bertz CT molecular complexity index is 1160. The zero-order valence-electron chi connectivity index (χ0n) is 17.4. The molecule has 3 aromatic rings. The molecule has 1 fully saturated rings. The van der Waals surface area contributed by atoms with Gasteiger partial charge in [-0.25, -0.2) is 4.98 Å². The standard InChI is InChI=1S/C21H21F3N6O2/c1-12(2)29-11-15(9-17(29)31)18(32)26-10-13-3-5-14(6-4-13)16-7-8-25-20-27-19(21(22,23)24)28-30(16)20/h3-8,12,15H,9-11H2,1-2H3,(H,26,32). The van der Waals surface area contributed by atoms with Gasteiger partial charge in [-0.05, 0) is 25.5 Å². The topological polar surface area (TPSA) is 92.5 Å². The summed E-state index contributed by atoms with van der Waals surface area (Å²) in [6.07, 6.45) is -3.08. The normalized spacial score (nSPS) is 16.9. The van der Waals surface area contributed by atoms with E-state index in [4.69, 9.17) is 0 Å². The lowest BCUT2D eigenvalue weighted by molar-refractivity contribution is -0.144. The van der Waals surface area contributed by atoms with Crippen molar-refractivity contribution in [3.63, 3.8) is 0 Å². The predicted molar refractivity (Wildman–Crippen MR) is 108 cm³/mol. The van der Waals surface area contributed by atoms with Crippen molar-refractivity contribution in [3.05, 3.63) is 47.9 Å². The van der Waals surface area contributed by atoms with Crippen molar-refractivity contribution in [1.29, 1.82) is 0 Å². The Kier molecular flexibility index (Phi) is 5.57. The van der Waals surface area contributed by atoms with Gasteiger partial charge in [-0.15, -0.1) is 5.10 Å². The maximum atomic E-state index is 12.9. The molecular weight excluding hydrogens is 425 g/mol. The van der Waals surface area contributed by atoms with Gasteiger partial charge in [0, 0.05) is 37.3 Å². The Morgan fingerprint density at radius 2 is 1.94 bits per heavy atom. The van der Waals surface area contributed by atoms with Gasteiger partial charge in [-0.2, -0.15) is 22.7 Å². The van der Waals surface area contributed by atoms with Crippen molar-refractivity contribution in [2.45, 2.75) is 39.0 Å². The summed E-state index contributed by atoms with van der Waals surface area (Å²) in [6.45, 7) is 4.52. The van der Waals surface area contributed by atoms with Crippen molar-refractivity contribution in [2.75, 3.05) is 6.54 Å². The molecule has 168 valence electrons. The third-order valence-electron chi connectivity index (χ3n) is 5.36. The van der Waals surface area contributed by atoms with E-state index >= 15 is 0 Å². The average molecular weight is 446 g/mol. The number of carbonyl (C=O) groups excluding carboxylic acids is 2. The summed E-state index contributed by atoms with van der Waals surface area (Å²) in [7, 11) is 0. The smallest absolute Gasteiger partial charge is 0.352 e. The average Bonchev–Trinajstić information content (AvgIpc) is 3.36. The second-order valence-electron chi connectivity index (χ2n) is 7.93. The summed E-state index contributed by atoms with van der Waals surface area (Å²) >= 11 is 0. The molecule has 0 bridgehead atoms. The van der Waals surface area contributed by atoms with E-state index in [1.807, 2.05) is 13.8 Å². The number of fused-ring (bicyclic) bond motifs is 1. The van der Waals surface area contributed by atoms with Crippen LogP contribution in [0, 0.1) is 5.92 Å². The first-order chi connectivity index (χ1) is 15.1. The molecule has 2 aromatic heterocycles. The van der Waals surface area contributed by atoms with Gasteiger partial charge in [0.05, 0.1) is 11.6 Å². The molecule has 0 spiro atoms. The van der Waals surface area contributed by atoms with E-state index in [1.165, 1.54) is 6.20 Å². The Labute approximate surface area is 181 Å². The molecule has 1 N–H and O–H groups in total. The fourth-order valence-corrected chi connectivity index (χ4v) is 3.67. The highest BCUT2D eigenvalue weighted by atomic mass is 19.4. The van der Waals surface area contributed by atoms with Gasteiger partial charge in [0.15, 0.2) is 0 Å². The van der Waals surface area contributed by atoms with Crippen LogP contribution in [0.15, 0.2) is 36.5 Å². The van der Waals surface area contributed by atoms with Crippen LogP contribution in [-0.4, -0.2) is 48.9 Å². The maximum absolute atomic E-state index is 12.9. The molecule has 1 atom stereocenters. The predicted octanol–water partition coefficient (Wildman–Crippen LogP) is 2.68. The number of rotatable bonds is 5. The number of hydrogen-bond donors (Lipinski definition) is 1. The SMILES string of the molecule is CC(C)N1CC(C(=O)NCc2ccc(-c3ccnc4nc(C(F)(F)F)nn34)cc2)CC1=O. The first-order valence-corrected chi connectivity index (χ1v) is 10.1. The number of halogens is 3. The quantitative estimate of drug-likeness (QED) is 0.651. The lowest BCUT2D eigenvalue weighted by atomic mass is 10.1. The van der Waals surface area contributed by atoms with E-state index in [2.05, 4.69) is 20.4 Å². The zero-order chi connectivity index (χ0) is 23.0. The van der Waals surface area contributed by atoms with Crippen molar-refractivity contribution < 1.29 is 22.8 Å². The van der Waals surface area contributed by atoms with Gasteiger partial charge in [0.1, 0.15) is 0 Å². The molecule has 0 saturated carbocycles. The highest BCUT2D eigenvalue weighted by molar-refractivity contribution is 5.89. The number of aromatic nitrogens is 4. The molecule has 32 heavy (non-hydrogen) atoms. The number of hydrogen-bond acceptors (Lipinski definition) is 5. The van der Waals surface area contributed by atoms with Gasteiger partial charge in [0.25, 0.3) is 11.6 Å². The minimum Gasteiger partial charge on any atom is -0.352 e. The Morgan fingerprint density at radius 1 is 1.22 bits per heavy atom. The molecule has 8 nitrogen and oxygen atoms in total. The molecule has 1 aliphatic rings. The number of alkyl halides is 3. The number of likely N-dealkylation sites (tertiary alicyclic amines) is 1. The largest absolute Gasteiger partial charge is 0.453 e. The van der Waals surface area contributed by atoms with Crippen LogP contribution in [0.2, 0.25) is 0 Å². The number of carbonyl (C=O) groups is 2. The minimum atomic E-state index is -4.66. The third kappa shape index (κ3) is 4.27. The minimum absolute atomic E-state index is 0.0186. The fraction of sp³-hybridized carbons (Fsp3) is 0.381. The first kappa shape index (κ1) is 21.7. The summed E-state index contributed by atoms with van der Waals surface area (Å²) in [4.78, 5) is 33.4. The van der Waals surface area contributed by atoms with E-state index in [0.717, 1.165) is 10.1 Å². The van der Waals surface area contributed by atoms with Crippen molar-refractivity contribution >= 4 is 17.6 Å². The second kappa shape index (κ2) is 8.21. The van der Waals surface area contributed by atoms with E-state index in [-0.39, 0.29) is 42.5 Å². The van der Waals surface area contributed by atoms with Gasteiger partial charge in [-0.1, -0.05) is 24.3 Å². The van der Waals surface area contributed by atoms with Crippen LogP contribution in [0.4, 0.5) is 13.2 Å². The van der Waals surface area contributed by atoms with Crippen LogP contribution < -0.4 is 5.32 Å². The van der Waals surface area contributed by atoms with Gasteiger partial charge in [0.2, 0.25) is 11.8 Å². The van der Waals surface area contributed by atoms with Crippen LogP contribution in [0.25, 0.3) is 17.0 Å². The summed E-state index contributed by atoms with van der Waals surface area (Å²) in [5.41, 5.74) is 1.85. The molecule has 3 heterocycles. The summed E-state index contributed by atoms with van der Waals surface area (Å²) < 4.78 is 39.9. The molecule has 1 aromatic carbocycles. The number of amides is 2. The van der Waals surface area contributed by atoms with E-state index in [0.29, 0.717) is 17.8 Å². The van der Waals surface area contributed by atoms with Crippen molar-refractivity contribution in [1.82, 2.24) is 29.8 Å². The van der Waals surface area contributed by atoms with Gasteiger partial charge < -0.3 is 10.2 Å². The van der Waals surface area contributed by atoms with Crippen LogP contribution >= 0.6 is 0 Å². The molecule has 0 aliphatic carbocycles. The zero-order valence-corrected chi connectivity index (χ0v) is 17.4.